The molecule has 1 heterocycles. The summed E-state index contributed by atoms with van der Waals surface area (Å²) in [6, 6.07) is 11.4. The van der Waals surface area contributed by atoms with Gasteiger partial charge in [-0.15, -0.1) is 0 Å². The van der Waals surface area contributed by atoms with Crippen molar-refractivity contribution >= 4 is 18.0 Å². The largest absolute Gasteiger partial charge is 0.624 e. The van der Waals surface area contributed by atoms with Crippen LogP contribution in [0.4, 0.5) is 0 Å². The van der Waals surface area contributed by atoms with Crippen LogP contribution in [0.1, 0.15) is 25.5 Å². The van der Waals surface area contributed by atoms with Crippen molar-refractivity contribution in [3.8, 4) is 5.75 Å². The number of hydrogen-bond acceptors (Lipinski definition) is 4. The fourth-order valence-electron chi connectivity index (χ4n) is 1.74. The summed E-state index contributed by atoms with van der Waals surface area (Å²) >= 11 is 1.51. The second-order valence-electron chi connectivity index (χ2n) is 4.56. The highest BCUT2D eigenvalue weighted by Gasteiger charge is 2.05. The van der Waals surface area contributed by atoms with Crippen molar-refractivity contribution < 1.29 is 13.9 Å². The highest BCUT2D eigenvalue weighted by atomic mass is 32.2. The zero-order valence-electron chi connectivity index (χ0n) is 12.2. The van der Waals surface area contributed by atoms with Gasteiger partial charge in [0.05, 0.1) is 7.11 Å². The van der Waals surface area contributed by atoms with Gasteiger partial charge in [-0.1, -0.05) is 25.1 Å². The van der Waals surface area contributed by atoms with Gasteiger partial charge in [0.25, 0.3) is 0 Å². The molecule has 0 amide bonds. The maximum Gasteiger partial charge on any atom is 0.217 e. The number of furan rings is 1. The predicted octanol–water partition coefficient (Wildman–Crippen LogP) is 4.17. The smallest absolute Gasteiger partial charge is 0.217 e. The van der Waals surface area contributed by atoms with Crippen LogP contribution in [0.3, 0.4) is 0 Å². The Morgan fingerprint density at radius 3 is 2.67 bits per heavy atom. The van der Waals surface area contributed by atoms with E-state index in [0.717, 1.165) is 33.3 Å². The van der Waals surface area contributed by atoms with E-state index in [1.165, 1.54) is 18.0 Å². The lowest BCUT2D eigenvalue weighted by Crippen LogP contribution is -2.06. The summed E-state index contributed by atoms with van der Waals surface area (Å²) in [5, 5.41) is 12.3. The molecule has 0 aliphatic heterocycles. The number of nitrogens with zero attached hydrogens (tertiary/aromatic N) is 1. The fraction of sp³-hybridized carbons (Fsp3) is 0.312. The molecule has 21 heavy (non-hydrogen) atoms. The average molecular weight is 305 g/mol. The molecule has 2 rings (SSSR count). The standard InChI is InChI=1S/C16H19NO3S/c1-3-4-11-17(18)12-14-7-10-16(20-14)21-15-8-5-13(19-2)6-9-15/h5-10,12H,3-4,11H2,1-2H3. The highest BCUT2D eigenvalue weighted by molar-refractivity contribution is 7.99. The molecule has 0 aliphatic rings. The lowest BCUT2D eigenvalue weighted by Gasteiger charge is -2.01. The fourth-order valence-corrected chi connectivity index (χ4v) is 2.52. The van der Waals surface area contributed by atoms with Crippen LogP contribution in [0, 0.1) is 5.21 Å². The van der Waals surface area contributed by atoms with E-state index in [2.05, 4.69) is 6.92 Å². The Morgan fingerprint density at radius 2 is 2.00 bits per heavy atom. The van der Waals surface area contributed by atoms with Crippen LogP contribution in [-0.4, -0.2) is 24.6 Å². The molecular weight excluding hydrogens is 286 g/mol. The molecule has 0 fully saturated rings. The van der Waals surface area contributed by atoms with Crippen LogP contribution in [0.5, 0.6) is 5.75 Å². The molecule has 5 heteroatoms. The first-order chi connectivity index (χ1) is 10.2. The van der Waals surface area contributed by atoms with E-state index in [4.69, 9.17) is 9.15 Å². The van der Waals surface area contributed by atoms with Crippen molar-refractivity contribution in [3.63, 3.8) is 0 Å². The van der Waals surface area contributed by atoms with Gasteiger partial charge in [-0.3, -0.25) is 0 Å². The molecule has 0 aliphatic carbocycles. The molecule has 2 aromatic rings. The minimum Gasteiger partial charge on any atom is -0.624 e. The van der Waals surface area contributed by atoms with Gasteiger partial charge < -0.3 is 14.4 Å². The Kier molecular flexibility index (Phi) is 5.75. The van der Waals surface area contributed by atoms with E-state index >= 15 is 0 Å². The molecule has 0 N–H and O–H groups in total. The van der Waals surface area contributed by atoms with Crippen molar-refractivity contribution in [2.75, 3.05) is 13.7 Å². The third-order valence-corrected chi connectivity index (χ3v) is 3.81. The van der Waals surface area contributed by atoms with E-state index < -0.39 is 0 Å². The van der Waals surface area contributed by atoms with Gasteiger partial charge in [0.1, 0.15) is 5.75 Å². The second kappa shape index (κ2) is 7.78. The summed E-state index contributed by atoms with van der Waals surface area (Å²) in [6.07, 6.45) is 3.38. The van der Waals surface area contributed by atoms with Crippen LogP contribution >= 0.6 is 11.8 Å². The number of rotatable bonds is 7. The van der Waals surface area contributed by atoms with Gasteiger partial charge in [-0.25, -0.2) is 4.74 Å². The number of hydroxylamine groups is 1. The quantitative estimate of drug-likeness (QED) is 0.333. The molecule has 0 unspecified atom stereocenters. The summed E-state index contributed by atoms with van der Waals surface area (Å²) in [6.45, 7) is 2.56. The molecule has 0 atom stereocenters. The summed E-state index contributed by atoms with van der Waals surface area (Å²) in [5.41, 5.74) is 0. The number of methoxy groups -OCH3 is 1. The molecule has 0 saturated carbocycles. The molecule has 0 spiro atoms. The monoisotopic (exact) mass is 305 g/mol. The van der Waals surface area contributed by atoms with Crippen LogP contribution in [0.15, 0.2) is 50.8 Å². The van der Waals surface area contributed by atoms with Gasteiger partial charge >= 0.3 is 0 Å². The summed E-state index contributed by atoms with van der Waals surface area (Å²) in [5.74, 6) is 1.41. The zero-order valence-corrected chi connectivity index (χ0v) is 13.1. The molecule has 0 bridgehead atoms. The average Bonchev–Trinajstić information content (AvgIpc) is 2.93. The molecular formula is C16H19NO3S. The van der Waals surface area contributed by atoms with E-state index in [1.54, 1.807) is 7.11 Å². The second-order valence-corrected chi connectivity index (χ2v) is 5.64. The van der Waals surface area contributed by atoms with E-state index in [9.17, 15) is 5.21 Å². The first kappa shape index (κ1) is 15.5. The minimum absolute atomic E-state index is 0.498. The lowest BCUT2D eigenvalue weighted by atomic mass is 10.3. The lowest BCUT2D eigenvalue weighted by molar-refractivity contribution is -0.453. The number of benzene rings is 1. The Hall–Kier alpha value is -1.88. The van der Waals surface area contributed by atoms with Crippen molar-refractivity contribution in [2.45, 2.75) is 29.8 Å². The topological polar surface area (TPSA) is 48.4 Å². The van der Waals surface area contributed by atoms with Gasteiger partial charge in [0, 0.05) is 11.3 Å². The molecule has 1 aromatic carbocycles. The van der Waals surface area contributed by atoms with Crippen molar-refractivity contribution in [1.82, 2.24) is 0 Å². The molecule has 1 aromatic heterocycles. The Balaban J connectivity index is 1.99. The number of hydrogen-bond donors (Lipinski definition) is 0. The highest BCUT2D eigenvalue weighted by Crippen LogP contribution is 2.30. The summed E-state index contributed by atoms with van der Waals surface area (Å²) in [7, 11) is 1.64. The first-order valence-electron chi connectivity index (χ1n) is 6.91. The van der Waals surface area contributed by atoms with Crippen molar-refractivity contribution in [1.29, 1.82) is 0 Å². The third-order valence-electron chi connectivity index (χ3n) is 2.88. The van der Waals surface area contributed by atoms with E-state index in [1.807, 2.05) is 36.4 Å². The normalized spacial score (nSPS) is 11.6. The van der Waals surface area contributed by atoms with Crippen LogP contribution in [0.25, 0.3) is 0 Å². The first-order valence-corrected chi connectivity index (χ1v) is 7.73. The molecule has 0 radical (unpaired) electrons. The van der Waals surface area contributed by atoms with E-state index in [0.29, 0.717) is 12.3 Å². The van der Waals surface area contributed by atoms with Crippen molar-refractivity contribution in [3.05, 3.63) is 47.4 Å². The Morgan fingerprint density at radius 1 is 1.24 bits per heavy atom. The van der Waals surface area contributed by atoms with Crippen LogP contribution < -0.4 is 4.74 Å². The number of ether oxygens (including phenoxy) is 1. The van der Waals surface area contributed by atoms with E-state index in [-0.39, 0.29) is 0 Å². The third kappa shape index (κ3) is 4.86. The minimum atomic E-state index is 0.498. The van der Waals surface area contributed by atoms with Crippen LogP contribution in [-0.2, 0) is 0 Å². The SMILES string of the molecule is CCCC[N+]([O-])=Cc1ccc(Sc2ccc(OC)cc2)o1. The van der Waals surface area contributed by atoms with Crippen LogP contribution in [0.2, 0.25) is 0 Å². The number of unbranched alkanes of at least 4 members (excludes halogenated alkanes) is 1. The van der Waals surface area contributed by atoms with Gasteiger partial charge in [-0.2, -0.15) is 0 Å². The molecule has 4 nitrogen and oxygen atoms in total. The Bertz CT molecular complexity index is 590. The van der Waals surface area contributed by atoms with Crippen molar-refractivity contribution in [2.24, 2.45) is 0 Å². The van der Waals surface area contributed by atoms with Gasteiger partial charge in [0.2, 0.25) is 6.21 Å². The molecule has 112 valence electrons. The summed E-state index contributed by atoms with van der Waals surface area (Å²) in [4.78, 5) is 1.06. The molecule has 0 saturated heterocycles. The predicted molar refractivity (Wildman–Crippen MR) is 84.4 cm³/mol. The zero-order chi connectivity index (χ0) is 15.1. The van der Waals surface area contributed by atoms with Gasteiger partial charge in [0.15, 0.2) is 17.4 Å². The summed E-state index contributed by atoms with van der Waals surface area (Å²) < 4.78 is 11.7. The maximum atomic E-state index is 11.6. The van der Waals surface area contributed by atoms with Gasteiger partial charge in [-0.05, 0) is 36.4 Å². The Labute approximate surface area is 129 Å². The maximum absolute atomic E-state index is 11.6.